The molecule has 16 heavy (non-hydrogen) atoms. The Labute approximate surface area is 98.7 Å². The van der Waals surface area contributed by atoms with Gasteiger partial charge in [-0.05, 0) is 51.4 Å². The second kappa shape index (κ2) is 5.17. The molecule has 0 unspecified atom stereocenters. The monoisotopic (exact) mass is 227 g/mol. The largest absolute Gasteiger partial charge is 0.458 e. The fourth-order valence-electron chi connectivity index (χ4n) is 2.36. The molecule has 0 heterocycles. The van der Waals surface area contributed by atoms with E-state index in [1.807, 2.05) is 6.92 Å². The second-order valence-corrected chi connectivity index (χ2v) is 5.74. The summed E-state index contributed by atoms with van der Waals surface area (Å²) in [6, 6.07) is -0.514. The van der Waals surface area contributed by atoms with Crippen molar-refractivity contribution in [3.05, 3.63) is 0 Å². The molecule has 1 fully saturated rings. The lowest BCUT2D eigenvalue weighted by molar-refractivity contribution is -0.163. The van der Waals surface area contributed by atoms with Gasteiger partial charge in [-0.15, -0.1) is 0 Å². The topological polar surface area (TPSA) is 52.3 Å². The summed E-state index contributed by atoms with van der Waals surface area (Å²) in [4.78, 5) is 11.5. The molecule has 1 aliphatic carbocycles. The minimum Gasteiger partial charge on any atom is -0.458 e. The van der Waals surface area contributed by atoms with E-state index in [9.17, 15) is 4.79 Å². The first kappa shape index (κ1) is 13.5. The minimum absolute atomic E-state index is 0.273. The molecule has 1 atom stereocenters. The summed E-state index contributed by atoms with van der Waals surface area (Å²) in [5.41, 5.74) is 5.23. The molecular formula is C13H25NO2. The van der Waals surface area contributed by atoms with Crippen LogP contribution in [0.4, 0.5) is 0 Å². The molecule has 0 radical (unpaired) electrons. The summed E-state index contributed by atoms with van der Waals surface area (Å²) < 4.78 is 5.50. The van der Waals surface area contributed by atoms with Crippen LogP contribution >= 0.6 is 0 Å². The molecular weight excluding hydrogens is 202 g/mol. The van der Waals surface area contributed by atoms with Crippen molar-refractivity contribution in [2.45, 2.75) is 65.0 Å². The molecule has 1 saturated carbocycles. The molecule has 94 valence electrons. The fourth-order valence-corrected chi connectivity index (χ4v) is 2.36. The molecule has 1 rings (SSSR count). The number of rotatable bonds is 3. The molecule has 0 spiro atoms. The number of esters is 1. The molecule has 3 heteroatoms. The number of hydrogen-bond acceptors (Lipinski definition) is 3. The van der Waals surface area contributed by atoms with E-state index < -0.39 is 6.04 Å². The number of ether oxygens (including phenoxy) is 1. The third-order valence-electron chi connectivity index (χ3n) is 3.75. The molecule has 0 bridgehead atoms. The highest BCUT2D eigenvalue weighted by molar-refractivity contribution is 5.75. The zero-order valence-corrected chi connectivity index (χ0v) is 11.0. The summed E-state index contributed by atoms with van der Waals surface area (Å²) in [6.07, 6.45) is 4.24. The van der Waals surface area contributed by atoms with Crippen LogP contribution in [0.3, 0.4) is 0 Å². The zero-order chi connectivity index (χ0) is 12.3. The van der Waals surface area contributed by atoms with Crippen LogP contribution in [0.25, 0.3) is 0 Å². The Morgan fingerprint density at radius 1 is 1.31 bits per heavy atom. The maximum Gasteiger partial charge on any atom is 0.323 e. The van der Waals surface area contributed by atoms with Crippen LogP contribution in [-0.4, -0.2) is 17.6 Å². The SMILES string of the molecule is CC(C)C1CCC(C)(OC(=O)[C@@H](C)N)CC1. The molecule has 0 aromatic heterocycles. The van der Waals surface area contributed by atoms with E-state index in [1.165, 1.54) is 0 Å². The molecule has 0 aromatic rings. The maximum absolute atomic E-state index is 11.5. The first-order valence-corrected chi connectivity index (χ1v) is 6.32. The first-order valence-electron chi connectivity index (χ1n) is 6.32. The summed E-state index contributed by atoms with van der Waals surface area (Å²) in [5.74, 6) is 1.24. The Balaban J connectivity index is 2.47. The molecule has 3 nitrogen and oxygen atoms in total. The molecule has 0 aromatic carbocycles. The van der Waals surface area contributed by atoms with Gasteiger partial charge < -0.3 is 10.5 Å². The van der Waals surface area contributed by atoms with Gasteiger partial charge in [-0.2, -0.15) is 0 Å². The van der Waals surface area contributed by atoms with E-state index in [0.717, 1.165) is 37.5 Å². The van der Waals surface area contributed by atoms with Gasteiger partial charge in [0.25, 0.3) is 0 Å². The third kappa shape index (κ3) is 3.48. The van der Waals surface area contributed by atoms with Crippen LogP contribution in [0.5, 0.6) is 0 Å². The Bertz CT molecular complexity index is 240. The van der Waals surface area contributed by atoms with Crippen molar-refractivity contribution in [1.82, 2.24) is 0 Å². The average Bonchev–Trinajstić information content (AvgIpc) is 2.17. The predicted octanol–water partition coefficient (Wildman–Crippen LogP) is 2.48. The van der Waals surface area contributed by atoms with Crippen LogP contribution in [0.2, 0.25) is 0 Å². The highest BCUT2D eigenvalue weighted by Crippen LogP contribution is 2.37. The fraction of sp³-hybridized carbons (Fsp3) is 0.923. The molecule has 0 amide bonds. The van der Waals surface area contributed by atoms with Gasteiger partial charge in [0.2, 0.25) is 0 Å². The van der Waals surface area contributed by atoms with Crippen molar-refractivity contribution in [2.24, 2.45) is 17.6 Å². The van der Waals surface area contributed by atoms with Crippen LogP contribution in [0.15, 0.2) is 0 Å². The van der Waals surface area contributed by atoms with Gasteiger partial charge in [0.15, 0.2) is 0 Å². The van der Waals surface area contributed by atoms with Crippen molar-refractivity contribution < 1.29 is 9.53 Å². The third-order valence-corrected chi connectivity index (χ3v) is 3.75. The predicted molar refractivity (Wildman–Crippen MR) is 64.9 cm³/mol. The van der Waals surface area contributed by atoms with Crippen LogP contribution < -0.4 is 5.73 Å². The van der Waals surface area contributed by atoms with Crippen molar-refractivity contribution >= 4 is 5.97 Å². The number of nitrogens with two attached hydrogens (primary N) is 1. The van der Waals surface area contributed by atoms with Gasteiger partial charge in [-0.3, -0.25) is 4.79 Å². The highest BCUT2D eigenvalue weighted by Gasteiger charge is 2.35. The van der Waals surface area contributed by atoms with Gasteiger partial charge in [-0.25, -0.2) is 0 Å². The summed E-state index contributed by atoms with van der Waals surface area (Å²) in [7, 11) is 0. The lowest BCUT2D eigenvalue weighted by Gasteiger charge is -2.38. The maximum atomic E-state index is 11.5. The molecule has 2 N–H and O–H groups in total. The van der Waals surface area contributed by atoms with E-state index in [-0.39, 0.29) is 11.6 Å². The summed E-state index contributed by atoms with van der Waals surface area (Å²) in [6.45, 7) is 8.23. The van der Waals surface area contributed by atoms with Crippen LogP contribution in [0.1, 0.15) is 53.4 Å². The molecule has 0 aliphatic heterocycles. The van der Waals surface area contributed by atoms with Gasteiger partial charge >= 0.3 is 5.97 Å². The Morgan fingerprint density at radius 3 is 2.19 bits per heavy atom. The standard InChI is InChI=1S/C13H25NO2/c1-9(2)11-5-7-13(4,8-6-11)16-12(15)10(3)14/h9-11H,5-8,14H2,1-4H3/t10-,11?,13?/m1/s1. The van der Waals surface area contributed by atoms with Crippen LogP contribution in [-0.2, 0) is 9.53 Å². The minimum atomic E-state index is -0.514. The Morgan fingerprint density at radius 2 is 1.81 bits per heavy atom. The zero-order valence-electron chi connectivity index (χ0n) is 11.0. The highest BCUT2D eigenvalue weighted by atomic mass is 16.6. The summed E-state index contributed by atoms with van der Waals surface area (Å²) >= 11 is 0. The van der Waals surface area contributed by atoms with E-state index in [2.05, 4.69) is 13.8 Å². The smallest absolute Gasteiger partial charge is 0.323 e. The summed E-state index contributed by atoms with van der Waals surface area (Å²) in [5, 5.41) is 0. The van der Waals surface area contributed by atoms with Gasteiger partial charge in [-0.1, -0.05) is 13.8 Å². The van der Waals surface area contributed by atoms with E-state index in [1.54, 1.807) is 6.92 Å². The molecule has 1 aliphatic rings. The van der Waals surface area contributed by atoms with E-state index >= 15 is 0 Å². The lowest BCUT2D eigenvalue weighted by atomic mass is 9.75. The van der Waals surface area contributed by atoms with Gasteiger partial charge in [0.1, 0.15) is 11.6 Å². The quantitative estimate of drug-likeness (QED) is 0.754. The second-order valence-electron chi connectivity index (χ2n) is 5.74. The average molecular weight is 227 g/mol. The van der Waals surface area contributed by atoms with Crippen molar-refractivity contribution in [3.8, 4) is 0 Å². The normalized spacial score (nSPS) is 32.5. The number of carbonyl (C=O) groups excluding carboxylic acids is 1. The number of carbonyl (C=O) groups is 1. The Kier molecular flexibility index (Phi) is 4.36. The van der Waals surface area contributed by atoms with Gasteiger partial charge in [0.05, 0.1) is 0 Å². The molecule has 0 saturated heterocycles. The van der Waals surface area contributed by atoms with Crippen molar-refractivity contribution in [2.75, 3.05) is 0 Å². The Hall–Kier alpha value is -0.570. The first-order chi connectivity index (χ1) is 7.34. The van der Waals surface area contributed by atoms with Gasteiger partial charge in [0, 0.05) is 0 Å². The van der Waals surface area contributed by atoms with Crippen molar-refractivity contribution in [3.63, 3.8) is 0 Å². The van der Waals surface area contributed by atoms with E-state index in [4.69, 9.17) is 10.5 Å². The van der Waals surface area contributed by atoms with Crippen molar-refractivity contribution in [1.29, 1.82) is 0 Å². The van der Waals surface area contributed by atoms with Crippen LogP contribution in [0, 0.1) is 11.8 Å². The van der Waals surface area contributed by atoms with E-state index in [0.29, 0.717) is 0 Å². The lowest BCUT2D eigenvalue weighted by Crippen LogP contribution is -2.41. The number of hydrogen-bond donors (Lipinski definition) is 1.